The molecule has 0 bridgehead atoms. The molecule has 1 aromatic heterocycles. The van der Waals surface area contributed by atoms with Crippen molar-refractivity contribution >= 4 is 17.0 Å². The molecule has 0 spiro atoms. The fourth-order valence-electron chi connectivity index (χ4n) is 2.62. The predicted molar refractivity (Wildman–Crippen MR) is 84.8 cm³/mol. The number of nitrogens with zero attached hydrogens (tertiary/aromatic N) is 2. The van der Waals surface area contributed by atoms with Gasteiger partial charge in [-0.1, -0.05) is 13.8 Å². The second kappa shape index (κ2) is 6.29. The number of hydrogen-bond acceptors (Lipinski definition) is 2. The lowest BCUT2D eigenvalue weighted by Crippen LogP contribution is -2.06. The van der Waals surface area contributed by atoms with Crippen molar-refractivity contribution in [1.82, 2.24) is 9.55 Å². The minimum Gasteiger partial charge on any atom is -0.481 e. The van der Waals surface area contributed by atoms with Gasteiger partial charge in [-0.25, -0.2) is 4.98 Å². The molecular formula is C17H24N2O2. The van der Waals surface area contributed by atoms with E-state index in [-0.39, 0.29) is 6.42 Å². The fourth-order valence-corrected chi connectivity index (χ4v) is 2.62. The first kappa shape index (κ1) is 15.5. The van der Waals surface area contributed by atoms with Crippen molar-refractivity contribution in [3.05, 3.63) is 29.1 Å². The molecular weight excluding hydrogens is 264 g/mol. The normalized spacial score (nSPS) is 11.5. The minimum atomic E-state index is -0.721. The van der Waals surface area contributed by atoms with Crippen molar-refractivity contribution in [2.75, 3.05) is 0 Å². The number of carboxylic acids is 1. The number of fused-ring (bicyclic) bond motifs is 1. The molecule has 0 radical (unpaired) electrons. The first-order valence-corrected chi connectivity index (χ1v) is 7.59. The zero-order chi connectivity index (χ0) is 15.6. The molecule has 1 N–H and O–H groups in total. The van der Waals surface area contributed by atoms with Crippen LogP contribution < -0.4 is 0 Å². The van der Waals surface area contributed by atoms with Crippen LogP contribution in [0.1, 0.15) is 56.0 Å². The molecule has 0 saturated carbocycles. The van der Waals surface area contributed by atoms with Crippen molar-refractivity contribution in [3.8, 4) is 0 Å². The molecule has 21 heavy (non-hydrogen) atoms. The van der Waals surface area contributed by atoms with Gasteiger partial charge in [-0.15, -0.1) is 0 Å². The maximum atomic E-state index is 10.6. The number of aryl methyl sites for hydroxylation is 3. The van der Waals surface area contributed by atoms with Gasteiger partial charge in [0.05, 0.1) is 11.0 Å². The van der Waals surface area contributed by atoms with Crippen LogP contribution in [0.5, 0.6) is 0 Å². The van der Waals surface area contributed by atoms with Crippen LogP contribution >= 0.6 is 0 Å². The Morgan fingerprint density at radius 3 is 2.52 bits per heavy atom. The number of carboxylic acid groups (broad SMARTS) is 1. The van der Waals surface area contributed by atoms with Crippen LogP contribution in [0.4, 0.5) is 0 Å². The van der Waals surface area contributed by atoms with Crippen LogP contribution in [0.15, 0.2) is 12.1 Å². The molecule has 0 saturated heterocycles. The van der Waals surface area contributed by atoms with E-state index in [4.69, 9.17) is 10.1 Å². The van der Waals surface area contributed by atoms with Crippen molar-refractivity contribution in [2.24, 2.45) is 0 Å². The van der Waals surface area contributed by atoms with E-state index in [0.717, 1.165) is 29.8 Å². The molecule has 0 aliphatic carbocycles. The Morgan fingerprint density at radius 2 is 1.90 bits per heavy atom. The van der Waals surface area contributed by atoms with Crippen molar-refractivity contribution in [3.63, 3.8) is 0 Å². The molecule has 0 unspecified atom stereocenters. The van der Waals surface area contributed by atoms with Crippen molar-refractivity contribution < 1.29 is 9.90 Å². The van der Waals surface area contributed by atoms with Gasteiger partial charge in [-0.2, -0.15) is 0 Å². The van der Waals surface area contributed by atoms with E-state index in [9.17, 15) is 4.79 Å². The van der Waals surface area contributed by atoms with E-state index in [0.29, 0.717) is 12.3 Å². The number of aromatic nitrogens is 2. The summed E-state index contributed by atoms with van der Waals surface area (Å²) >= 11 is 0. The van der Waals surface area contributed by atoms with Crippen molar-refractivity contribution in [1.29, 1.82) is 0 Å². The summed E-state index contributed by atoms with van der Waals surface area (Å²) in [6.45, 7) is 9.35. The average molecular weight is 288 g/mol. The molecule has 1 heterocycles. The van der Waals surface area contributed by atoms with Gasteiger partial charge in [0, 0.05) is 18.9 Å². The summed E-state index contributed by atoms with van der Waals surface area (Å²) in [7, 11) is 0. The lowest BCUT2D eigenvalue weighted by molar-refractivity contribution is -0.137. The van der Waals surface area contributed by atoms with E-state index >= 15 is 0 Å². The van der Waals surface area contributed by atoms with Crippen LogP contribution in [-0.4, -0.2) is 20.6 Å². The van der Waals surface area contributed by atoms with Crippen LogP contribution in [0.3, 0.4) is 0 Å². The SMILES string of the molecule is Cc1cc2nc(C(C)C)n(CCCCC(=O)O)c2cc1C. The monoisotopic (exact) mass is 288 g/mol. The largest absolute Gasteiger partial charge is 0.481 e. The standard InChI is InChI=1S/C17H24N2O2/c1-11(2)17-18-14-9-12(3)13(4)10-15(14)19(17)8-6-5-7-16(20)21/h9-11H,5-8H2,1-4H3,(H,20,21). The van der Waals surface area contributed by atoms with Gasteiger partial charge in [0.15, 0.2) is 0 Å². The maximum Gasteiger partial charge on any atom is 0.303 e. The molecule has 4 nitrogen and oxygen atoms in total. The molecule has 0 aliphatic rings. The van der Waals surface area contributed by atoms with Gasteiger partial charge in [-0.05, 0) is 49.9 Å². The third-order valence-electron chi connectivity index (χ3n) is 3.93. The van der Waals surface area contributed by atoms with Gasteiger partial charge in [0.25, 0.3) is 0 Å². The molecule has 0 amide bonds. The Labute approximate surface area is 125 Å². The molecule has 0 fully saturated rings. The van der Waals surface area contributed by atoms with Crippen molar-refractivity contribution in [2.45, 2.75) is 59.4 Å². The summed E-state index contributed by atoms with van der Waals surface area (Å²) in [5.41, 5.74) is 4.73. The quantitative estimate of drug-likeness (QED) is 0.816. The molecule has 0 atom stereocenters. The molecule has 2 rings (SSSR count). The number of carbonyl (C=O) groups is 1. The zero-order valence-electron chi connectivity index (χ0n) is 13.3. The molecule has 2 aromatic rings. The fraction of sp³-hybridized carbons (Fsp3) is 0.529. The third-order valence-corrected chi connectivity index (χ3v) is 3.93. The lowest BCUT2D eigenvalue weighted by atomic mass is 10.1. The predicted octanol–water partition coefficient (Wildman–Crippen LogP) is 4.03. The van der Waals surface area contributed by atoms with Gasteiger partial charge < -0.3 is 9.67 Å². The van der Waals surface area contributed by atoms with Gasteiger partial charge in [-0.3, -0.25) is 4.79 Å². The molecule has 0 aliphatic heterocycles. The van der Waals surface area contributed by atoms with Gasteiger partial charge >= 0.3 is 5.97 Å². The average Bonchev–Trinajstić information content (AvgIpc) is 2.73. The Bertz CT molecular complexity index is 656. The Balaban J connectivity index is 2.32. The highest BCUT2D eigenvalue weighted by molar-refractivity contribution is 5.78. The Hall–Kier alpha value is -1.84. The number of benzene rings is 1. The summed E-state index contributed by atoms with van der Waals surface area (Å²) < 4.78 is 2.26. The van der Waals surface area contributed by atoms with E-state index in [1.54, 1.807) is 0 Å². The number of hydrogen-bond donors (Lipinski definition) is 1. The number of imidazole rings is 1. The van der Waals surface area contributed by atoms with E-state index in [1.807, 2.05) is 0 Å². The minimum absolute atomic E-state index is 0.238. The first-order valence-electron chi connectivity index (χ1n) is 7.59. The lowest BCUT2D eigenvalue weighted by Gasteiger charge is -2.11. The molecule has 4 heteroatoms. The summed E-state index contributed by atoms with van der Waals surface area (Å²) in [6.07, 6.45) is 1.81. The van der Waals surface area contributed by atoms with E-state index in [2.05, 4.69) is 44.4 Å². The van der Waals surface area contributed by atoms with Crippen LogP contribution in [0.25, 0.3) is 11.0 Å². The number of rotatable bonds is 6. The third kappa shape index (κ3) is 3.43. The Morgan fingerprint density at radius 1 is 1.24 bits per heavy atom. The summed E-state index contributed by atoms with van der Waals surface area (Å²) in [5, 5.41) is 8.73. The van der Waals surface area contributed by atoms with E-state index in [1.165, 1.54) is 11.1 Å². The van der Waals surface area contributed by atoms with Gasteiger partial charge in [0.1, 0.15) is 5.82 Å². The first-order chi connectivity index (χ1) is 9.90. The summed E-state index contributed by atoms with van der Waals surface area (Å²) in [4.78, 5) is 15.4. The molecule has 1 aromatic carbocycles. The molecule has 114 valence electrons. The van der Waals surface area contributed by atoms with Crippen LogP contribution in [0.2, 0.25) is 0 Å². The second-order valence-electron chi connectivity index (χ2n) is 6.05. The van der Waals surface area contributed by atoms with Gasteiger partial charge in [0.2, 0.25) is 0 Å². The van der Waals surface area contributed by atoms with E-state index < -0.39 is 5.97 Å². The highest BCUT2D eigenvalue weighted by Crippen LogP contribution is 2.25. The maximum absolute atomic E-state index is 10.6. The van der Waals surface area contributed by atoms with Crippen LogP contribution in [0, 0.1) is 13.8 Å². The summed E-state index contributed by atoms with van der Waals surface area (Å²) in [6, 6.07) is 4.34. The highest BCUT2D eigenvalue weighted by Gasteiger charge is 2.14. The second-order valence-corrected chi connectivity index (χ2v) is 6.05. The zero-order valence-corrected chi connectivity index (χ0v) is 13.3. The smallest absolute Gasteiger partial charge is 0.303 e. The highest BCUT2D eigenvalue weighted by atomic mass is 16.4. The number of aliphatic carboxylic acids is 1. The van der Waals surface area contributed by atoms with Crippen LogP contribution in [-0.2, 0) is 11.3 Å². The summed E-state index contributed by atoms with van der Waals surface area (Å²) in [5.74, 6) is 0.726. The number of unbranched alkanes of at least 4 members (excludes halogenated alkanes) is 1. The topological polar surface area (TPSA) is 55.1 Å². The Kier molecular flexibility index (Phi) is 4.66.